The fourth-order valence-electron chi connectivity index (χ4n) is 2.09. The van der Waals surface area contributed by atoms with Crippen LogP contribution in [0.25, 0.3) is 10.8 Å². The molecule has 0 atom stereocenters. The maximum atomic E-state index is 12.2. The smallest absolute Gasteiger partial charge is 0.339 e. The van der Waals surface area contributed by atoms with Crippen LogP contribution in [0.3, 0.4) is 0 Å². The molecule has 0 N–H and O–H groups in total. The van der Waals surface area contributed by atoms with E-state index >= 15 is 0 Å². The molecular weight excluding hydrogens is 254 g/mol. The summed E-state index contributed by atoms with van der Waals surface area (Å²) in [5.41, 5.74) is 0.773. The van der Waals surface area contributed by atoms with Crippen molar-refractivity contribution in [3.63, 3.8) is 0 Å². The molecule has 2 aromatic carbocycles. The fraction of sp³-hybridized carbons (Fsp3) is 0.312. The first kappa shape index (κ1) is 14.2. The van der Waals surface area contributed by atoms with Gasteiger partial charge in [0.15, 0.2) is 0 Å². The minimum atomic E-state index is -0.540. The minimum Gasteiger partial charge on any atom is -0.456 e. The normalized spacial score (nSPS) is 11.3. The van der Waals surface area contributed by atoms with Crippen molar-refractivity contribution in [1.29, 1.82) is 0 Å². The quantitative estimate of drug-likeness (QED) is 0.624. The molecule has 0 bridgehead atoms. The number of ether oxygens (including phenoxy) is 1. The van der Waals surface area contributed by atoms with E-state index < -0.39 is 5.60 Å². The Hall–Kier alpha value is -2.23. The lowest BCUT2D eigenvalue weighted by Crippen LogP contribution is -2.24. The van der Waals surface area contributed by atoms with Gasteiger partial charge in [-0.2, -0.15) is 4.91 Å². The van der Waals surface area contributed by atoms with Gasteiger partial charge < -0.3 is 4.74 Å². The second kappa shape index (κ2) is 5.41. The van der Waals surface area contributed by atoms with Gasteiger partial charge in [-0.3, -0.25) is 0 Å². The van der Waals surface area contributed by atoms with E-state index in [0.717, 1.165) is 16.3 Å². The highest BCUT2D eigenvalue weighted by molar-refractivity contribution is 6.05. The van der Waals surface area contributed by atoms with E-state index in [1.165, 1.54) is 0 Å². The van der Waals surface area contributed by atoms with Gasteiger partial charge in [0.25, 0.3) is 0 Å². The maximum Gasteiger partial charge on any atom is 0.339 e. The van der Waals surface area contributed by atoms with E-state index in [1.807, 2.05) is 45.0 Å². The average molecular weight is 271 g/mol. The molecule has 0 unspecified atom stereocenters. The van der Waals surface area contributed by atoms with E-state index in [4.69, 9.17) is 4.74 Å². The van der Waals surface area contributed by atoms with Crippen LogP contribution >= 0.6 is 0 Å². The zero-order valence-electron chi connectivity index (χ0n) is 11.8. The number of benzene rings is 2. The fourth-order valence-corrected chi connectivity index (χ4v) is 2.09. The lowest BCUT2D eigenvalue weighted by molar-refractivity contribution is 0.00719. The Morgan fingerprint density at radius 1 is 1.10 bits per heavy atom. The number of esters is 1. The topological polar surface area (TPSA) is 55.7 Å². The Balaban J connectivity index is 2.52. The van der Waals surface area contributed by atoms with Gasteiger partial charge in [0.1, 0.15) is 12.1 Å². The van der Waals surface area contributed by atoms with Crippen molar-refractivity contribution in [2.24, 2.45) is 5.18 Å². The van der Waals surface area contributed by atoms with Crippen molar-refractivity contribution in [1.82, 2.24) is 0 Å². The highest BCUT2D eigenvalue weighted by Crippen LogP contribution is 2.25. The second-order valence-electron chi connectivity index (χ2n) is 5.61. The average Bonchev–Trinajstić information content (AvgIpc) is 2.37. The molecule has 2 rings (SSSR count). The van der Waals surface area contributed by atoms with Crippen LogP contribution in [-0.2, 0) is 11.3 Å². The van der Waals surface area contributed by atoms with Crippen LogP contribution < -0.4 is 0 Å². The molecule has 0 aromatic heterocycles. The summed E-state index contributed by atoms with van der Waals surface area (Å²) in [7, 11) is 0. The van der Waals surface area contributed by atoms with E-state index in [9.17, 15) is 9.70 Å². The van der Waals surface area contributed by atoms with E-state index in [2.05, 4.69) is 5.18 Å². The van der Waals surface area contributed by atoms with Crippen LogP contribution in [0.2, 0.25) is 0 Å². The molecule has 0 saturated heterocycles. The summed E-state index contributed by atoms with van der Waals surface area (Å²) in [6, 6.07) is 10.9. The van der Waals surface area contributed by atoms with Crippen molar-refractivity contribution in [2.45, 2.75) is 32.9 Å². The lowest BCUT2D eigenvalue weighted by atomic mass is 10.00. The third-order valence-electron chi connectivity index (χ3n) is 2.87. The molecular formula is C16H17NO3. The molecule has 20 heavy (non-hydrogen) atoms. The predicted molar refractivity (Wildman–Crippen MR) is 78.6 cm³/mol. The number of nitroso groups, excluding NO2 is 1. The molecule has 2 aromatic rings. The van der Waals surface area contributed by atoms with E-state index in [-0.39, 0.29) is 12.5 Å². The number of hydrogen-bond donors (Lipinski definition) is 0. The highest BCUT2D eigenvalue weighted by atomic mass is 16.6. The molecule has 104 valence electrons. The van der Waals surface area contributed by atoms with Gasteiger partial charge in [-0.05, 0) is 43.2 Å². The zero-order valence-corrected chi connectivity index (χ0v) is 11.8. The number of carbonyl (C=O) groups is 1. The van der Waals surface area contributed by atoms with Gasteiger partial charge in [0.05, 0.1) is 5.56 Å². The maximum absolute atomic E-state index is 12.2. The monoisotopic (exact) mass is 271 g/mol. The van der Waals surface area contributed by atoms with Crippen LogP contribution in [0.1, 0.15) is 36.7 Å². The van der Waals surface area contributed by atoms with Gasteiger partial charge in [-0.25, -0.2) is 4.79 Å². The summed E-state index contributed by atoms with van der Waals surface area (Å²) in [5, 5.41) is 4.56. The Labute approximate surface area is 117 Å². The molecule has 0 aliphatic carbocycles. The molecule has 0 fully saturated rings. The largest absolute Gasteiger partial charge is 0.456 e. The molecule has 0 aliphatic rings. The number of nitrogens with zero attached hydrogens (tertiary/aromatic N) is 1. The van der Waals surface area contributed by atoms with Crippen molar-refractivity contribution >= 4 is 16.7 Å². The van der Waals surface area contributed by atoms with Crippen molar-refractivity contribution in [3.8, 4) is 0 Å². The van der Waals surface area contributed by atoms with Gasteiger partial charge in [-0.1, -0.05) is 35.5 Å². The summed E-state index contributed by atoms with van der Waals surface area (Å²) in [6.07, 6.45) is 0. The third-order valence-corrected chi connectivity index (χ3v) is 2.87. The van der Waals surface area contributed by atoms with Gasteiger partial charge in [0.2, 0.25) is 0 Å². The van der Waals surface area contributed by atoms with Crippen molar-refractivity contribution < 1.29 is 9.53 Å². The molecule has 0 spiro atoms. The summed E-state index contributed by atoms with van der Waals surface area (Å²) in [5.74, 6) is -0.362. The molecule has 4 nitrogen and oxygen atoms in total. The summed E-state index contributed by atoms with van der Waals surface area (Å²) in [6.45, 7) is 5.59. The van der Waals surface area contributed by atoms with Crippen molar-refractivity contribution in [2.75, 3.05) is 0 Å². The van der Waals surface area contributed by atoms with Gasteiger partial charge in [-0.15, -0.1) is 0 Å². The number of fused-ring (bicyclic) bond motifs is 1. The Kier molecular flexibility index (Phi) is 3.84. The number of hydrogen-bond acceptors (Lipinski definition) is 4. The SMILES string of the molecule is CC(C)(C)OC(=O)c1cccc2c(CN=O)cccc12. The predicted octanol–water partition coefficient (Wildman–Crippen LogP) is 4.06. The van der Waals surface area contributed by atoms with Crippen LogP contribution in [-0.4, -0.2) is 11.6 Å². The van der Waals surface area contributed by atoms with Gasteiger partial charge in [0, 0.05) is 0 Å². The first-order valence-electron chi connectivity index (χ1n) is 6.45. The second-order valence-corrected chi connectivity index (χ2v) is 5.61. The molecule has 0 aliphatic heterocycles. The Morgan fingerprint density at radius 3 is 2.40 bits per heavy atom. The van der Waals surface area contributed by atoms with Crippen LogP contribution in [0.4, 0.5) is 0 Å². The summed E-state index contributed by atoms with van der Waals surface area (Å²) < 4.78 is 5.41. The standard InChI is InChI=1S/C16H17NO3/c1-16(2,3)20-15(18)14-9-5-7-12-11(10-17-19)6-4-8-13(12)14/h4-9H,10H2,1-3H3. The van der Waals surface area contributed by atoms with Crippen LogP contribution in [0, 0.1) is 4.91 Å². The zero-order chi connectivity index (χ0) is 14.8. The molecule has 4 heteroatoms. The number of carbonyl (C=O) groups excluding carboxylic acids is 1. The van der Waals surface area contributed by atoms with Crippen LogP contribution in [0.5, 0.6) is 0 Å². The summed E-state index contributed by atoms with van der Waals surface area (Å²) >= 11 is 0. The third kappa shape index (κ3) is 3.02. The van der Waals surface area contributed by atoms with E-state index in [1.54, 1.807) is 12.1 Å². The first-order chi connectivity index (χ1) is 9.42. The number of rotatable bonds is 3. The lowest BCUT2D eigenvalue weighted by Gasteiger charge is -2.20. The van der Waals surface area contributed by atoms with Gasteiger partial charge >= 0.3 is 5.97 Å². The first-order valence-corrected chi connectivity index (χ1v) is 6.45. The molecule has 0 saturated carbocycles. The van der Waals surface area contributed by atoms with Crippen molar-refractivity contribution in [3.05, 3.63) is 52.4 Å². The summed E-state index contributed by atoms with van der Waals surface area (Å²) in [4.78, 5) is 22.7. The molecule has 0 heterocycles. The Bertz CT molecular complexity index is 656. The van der Waals surface area contributed by atoms with Crippen LogP contribution in [0.15, 0.2) is 41.6 Å². The minimum absolute atomic E-state index is 0.0924. The van der Waals surface area contributed by atoms with E-state index in [0.29, 0.717) is 5.56 Å². The molecule has 0 radical (unpaired) electrons. The molecule has 0 amide bonds. The Morgan fingerprint density at radius 2 is 1.75 bits per heavy atom. The highest BCUT2D eigenvalue weighted by Gasteiger charge is 2.19.